The van der Waals surface area contributed by atoms with Crippen LogP contribution in [0.15, 0.2) is 30.3 Å². The number of benzene rings is 1. The van der Waals surface area contributed by atoms with Gasteiger partial charge in [0.2, 0.25) is 0 Å². The SMILES string of the molecule is CCCC(I)c1cc(N)n(-c2ccc(C(=O)OC)cc2)n1. The third kappa shape index (κ3) is 3.55. The second kappa shape index (κ2) is 6.93. The predicted molar refractivity (Wildman–Crippen MR) is 91.0 cm³/mol. The molecule has 0 bridgehead atoms. The summed E-state index contributed by atoms with van der Waals surface area (Å²) < 4.78 is 6.73. The Morgan fingerprint density at radius 1 is 1.43 bits per heavy atom. The van der Waals surface area contributed by atoms with Gasteiger partial charge in [-0.15, -0.1) is 0 Å². The molecule has 1 aromatic heterocycles. The Hall–Kier alpha value is -1.57. The fraction of sp³-hybridized carbons (Fsp3) is 0.333. The average molecular weight is 399 g/mol. The molecule has 0 radical (unpaired) electrons. The number of alkyl halides is 1. The summed E-state index contributed by atoms with van der Waals surface area (Å²) >= 11 is 2.38. The highest BCUT2D eigenvalue weighted by molar-refractivity contribution is 14.1. The third-order valence-electron chi connectivity index (χ3n) is 3.15. The predicted octanol–water partition coefficient (Wildman–Crippen LogP) is 3.52. The van der Waals surface area contributed by atoms with Crippen molar-refractivity contribution in [2.75, 3.05) is 12.8 Å². The van der Waals surface area contributed by atoms with Crippen LogP contribution in [0, 0.1) is 0 Å². The topological polar surface area (TPSA) is 70.1 Å². The van der Waals surface area contributed by atoms with Crippen LogP contribution in [0.5, 0.6) is 0 Å². The second-order valence-electron chi connectivity index (χ2n) is 4.70. The van der Waals surface area contributed by atoms with Gasteiger partial charge in [-0.05, 0) is 30.7 Å². The number of aromatic nitrogens is 2. The molecule has 2 rings (SSSR count). The van der Waals surface area contributed by atoms with E-state index in [9.17, 15) is 4.79 Å². The first-order chi connectivity index (χ1) is 10.1. The van der Waals surface area contributed by atoms with E-state index in [4.69, 9.17) is 5.73 Å². The minimum Gasteiger partial charge on any atom is -0.465 e. The maximum atomic E-state index is 11.4. The molecular formula is C15H18IN3O2. The molecule has 1 heterocycles. The number of nitrogens with two attached hydrogens (primary N) is 1. The van der Waals surface area contributed by atoms with Crippen molar-refractivity contribution in [2.45, 2.75) is 23.7 Å². The lowest BCUT2D eigenvalue weighted by molar-refractivity contribution is 0.0601. The van der Waals surface area contributed by atoms with E-state index in [-0.39, 0.29) is 5.97 Å². The maximum Gasteiger partial charge on any atom is 0.337 e. The number of ether oxygens (including phenoxy) is 1. The molecule has 112 valence electrons. The molecule has 0 spiro atoms. The lowest BCUT2D eigenvalue weighted by atomic mass is 10.2. The van der Waals surface area contributed by atoms with Crippen LogP contribution >= 0.6 is 22.6 Å². The lowest BCUT2D eigenvalue weighted by Crippen LogP contribution is -2.04. The van der Waals surface area contributed by atoms with E-state index in [1.54, 1.807) is 28.9 Å². The Kier molecular flexibility index (Phi) is 5.22. The zero-order valence-corrected chi connectivity index (χ0v) is 14.2. The van der Waals surface area contributed by atoms with Crippen molar-refractivity contribution in [3.05, 3.63) is 41.6 Å². The van der Waals surface area contributed by atoms with Crippen LogP contribution in [0.3, 0.4) is 0 Å². The van der Waals surface area contributed by atoms with Crippen molar-refractivity contribution >= 4 is 34.4 Å². The van der Waals surface area contributed by atoms with Crippen LogP contribution in [-0.2, 0) is 4.74 Å². The smallest absolute Gasteiger partial charge is 0.337 e. The third-order valence-corrected chi connectivity index (χ3v) is 4.41. The van der Waals surface area contributed by atoms with E-state index in [1.807, 2.05) is 6.07 Å². The van der Waals surface area contributed by atoms with Gasteiger partial charge in [-0.25, -0.2) is 9.48 Å². The molecule has 5 nitrogen and oxygen atoms in total. The van der Waals surface area contributed by atoms with Gasteiger partial charge in [0.05, 0.1) is 28.0 Å². The molecule has 0 saturated carbocycles. The number of nitrogens with zero attached hydrogens (tertiary/aromatic N) is 2. The number of rotatable bonds is 5. The van der Waals surface area contributed by atoms with Crippen LogP contribution < -0.4 is 5.73 Å². The molecule has 6 heteroatoms. The van der Waals surface area contributed by atoms with Crippen molar-refractivity contribution in [2.24, 2.45) is 0 Å². The van der Waals surface area contributed by atoms with Crippen molar-refractivity contribution in [3.63, 3.8) is 0 Å². The Bertz CT molecular complexity index is 622. The molecule has 0 aliphatic heterocycles. The molecule has 21 heavy (non-hydrogen) atoms. The second-order valence-corrected chi connectivity index (χ2v) is 6.20. The number of nitrogen functional groups attached to an aromatic ring is 1. The zero-order valence-electron chi connectivity index (χ0n) is 12.0. The van der Waals surface area contributed by atoms with Crippen molar-refractivity contribution in [1.29, 1.82) is 0 Å². The lowest BCUT2D eigenvalue weighted by Gasteiger charge is -2.06. The molecular weight excluding hydrogens is 381 g/mol. The number of anilines is 1. The number of esters is 1. The van der Waals surface area contributed by atoms with Crippen LogP contribution in [0.1, 0.15) is 39.7 Å². The Balaban J connectivity index is 2.27. The standard InChI is InChI=1S/C15H18IN3O2/c1-3-4-12(16)13-9-14(17)19(18-13)11-7-5-10(6-8-11)15(20)21-2/h5-9,12H,3-4,17H2,1-2H3. The van der Waals surface area contributed by atoms with Crippen molar-refractivity contribution in [1.82, 2.24) is 9.78 Å². The van der Waals surface area contributed by atoms with E-state index >= 15 is 0 Å². The van der Waals surface area contributed by atoms with Gasteiger partial charge in [0.1, 0.15) is 5.82 Å². The van der Waals surface area contributed by atoms with Crippen molar-refractivity contribution in [3.8, 4) is 5.69 Å². The van der Waals surface area contributed by atoms with Gasteiger partial charge in [-0.2, -0.15) is 5.10 Å². The summed E-state index contributed by atoms with van der Waals surface area (Å²) in [6.45, 7) is 2.15. The summed E-state index contributed by atoms with van der Waals surface area (Å²) in [4.78, 5) is 11.4. The van der Waals surface area contributed by atoms with Gasteiger partial charge in [-0.1, -0.05) is 35.9 Å². The van der Waals surface area contributed by atoms with Gasteiger partial charge < -0.3 is 10.5 Å². The number of methoxy groups -OCH3 is 1. The highest BCUT2D eigenvalue weighted by Crippen LogP contribution is 2.29. The van der Waals surface area contributed by atoms with Crippen LogP contribution in [0.4, 0.5) is 5.82 Å². The summed E-state index contributed by atoms with van der Waals surface area (Å²) in [5.74, 6) is 0.236. The summed E-state index contributed by atoms with van der Waals surface area (Å²) in [6.07, 6.45) is 2.17. The summed E-state index contributed by atoms with van der Waals surface area (Å²) in [5.41, 5.74) is 8.35. The van der Waals surface area contributed by atoms with Gasteiger partial charge in [0.15, 0.2) is 0 Å². The van der Waals surface area contributed by atoms with E-state index in [2.05, 4.69) is 39.4 Å². The summed E-state index contributed by atoms with van der Waals surface area (Å²) in [5, 5.41) is 4.56. The Morgan fingerprint density at radius 3 is 2.67 bits per heavy atom. The quantitative estimate of drug-likeness (QED) is 0.475. The molecule has 0 amide bonds. The van der Waals surface area contributed by atoms with Crippen LogP contribution in [-0.4, -0.2) is 22.9 Å². The number of halogens is 1. The van der Waals surface area contributed by atoms with E-state index in [1.165, 1.54) is 7.11 Å². The fourth-order valence-electron chi connectivity index (χ4n) is 2.03. The molecule has 1 atom stereocenters. The summed E-state index contributed by atoms with van der Waals surface area (Å²) in [7, 11) is 1.36. The first-order valence-electron chi connectivity index (χ1n) is 6.75. The van der Waals surface area contributed by atoms with Crippen LogP contribution in [0.25, 0.3) is 5.69 Å². The summed E-state index contributed by atoms with van der Waals surface area (Å²) in [6, 6.07) is 8.93. The molecule has 2 aromatic rings. The number of hydrogen-bond donors (Lipinski definition) is 1. The van der Waals surface area contributed by atoms with Gasteiger partial charge in [-0.3, -0.25) is 0 Å². The van der Waals surface area contributed by atoms with Gasteiger partial charge in [0, 0.05) is 6.07 Å². The molecule has 0 aliphatic rings. The van der Waals surface area contributed by atoms with E-state index in [0.717, 1.165) is 24.2 Å². The molecule has 0 fully saturated rings. The molecule has 0 aliphatic carbocycles. The van der Waals surface area contributed by atoms with E-state index < -0.39 is 0 Å². The highest BCUT2D eigenvalue weighted by Gasteiger charge is 2.14. The molecule has 2 N–H and O–H groups in total. The first kappa shape index (κ1) is 15.8. The highest BCUT2D eigenvalue weighted by atomic mass is 127. The normalized spacial score (nSPS) is 12.1. The maximum absolute atomic E-state index is 11.4. The van der Waals surface area contributed by atoms with Crippen LogP contribution in [0.2, 0.25) is 0 Å². The average Bonchev–Trinajstić information content (AvgIpc) is 2.89. The van der Waals surface area contributed by atoms with Gasteiger partial charge >= 0.3 is 5.97 Å². The number of carbonyl (C=O) groups excluding carboxylic acids is 1. The first-order valence-corrected chi connectivity index (χ1v) is 7.99. The minimum absolute atomic E-state index is 0.352. The largest absolute Gasteiger partial charge is 0.465 e. The zero-order chi connectivity index (χ0) is 15.4. The molecule has 0 saturated heterocycles. The monoisotopic (exact) mass is 399 g/mol. The fourth-order valence-corrected chi connectivity index (χ4v) is 2.96. The minimum atomic E-state index is -0.356. The van der Waals surface area contributed by atoms with Gasteiger partial charge in [0.25, 0.3) is 0 Å². The Labute approximate surface area is 137 Å². The molecule has 1 aromatic carbocycles. The van der Waals surface area contributed by atoms with E-state index in [0.29, 0.717) is 15.3 Å². The van der Waals surface area contributed by atoms with Crippen molar-refractivity contribution < 1.29 is 9.53 Å². The molecule has 1 unspecified atom stereocenters. The number of carbonyl (C=O) groups is 1. The number of hydrogen-bond acceptors (Lipinski definition) is 4. The Morgan fingerprint density at radius 2 is 2.10 bits per heavy atom.